The highest BCUT2D eigenvalue weighted by molar-refractivity contribution is 7.10. The largest absolute Gasteiger partial charge is 0.341 e. The molecule has 3 heterocycles. The molecular formula is C14H20N4O2S. The molecule has 0 aliphatic carbocycles. The van der Waals surface area contributed by atoms with Gasteiger partial charge in [-0.15, -0.1) is 11.3 Å². The third-order valence-corrected chi connectivity index (χ3v) is 5.18. The van der Waals surface area contributed by atoms with Crippen molar-refractivity contribution in [1.82, 2.24) is 15.1 Å². The molecule has 2 fully saturated rings. The zero-order valence-corrected chi connectivity index (χ0v) is 12.6. The fraction of sp³-hybridized carbons (Fsp3) is 0.571. The normalized spacial score (nSPS) is 21.5. The molecule has 21 heavy (non-hydrogen) atoms. The molecule has 2 aliphatic rings. The minimum Gasteiger partial charge on any atom is -0.341 e. The summed E-state index contributed by atoms with van der Waals surface area (Å²) in [7, 11) is 0. The predicted molar refractivity (Wildman–Crippen MR) is 81.0 cm³/mol. The molecule has 1 atom stereocenters. The molecule has 1 unspecified atom stereocenters. The molecule has 0 spiro atoms. The Balaban J connectivity index is 1.55. The van der Waals surface area contributed by atoms with E-state index >= 15 is 0 Å². The van der Waals surface area contributed by atoms with Gasteiger partial charge in [-0.2, -0.15) is 0 Å². The van der Waals surface area contributed by atoms with Gasteiger partial charge < -0.3 is 20.9 Å². The molecule has 1 aromatic heterocycles. The molecule has 2 aliphatic heterocycles. The average Bonchev–Trinajstić information content (AvgIpc) is 3.17. The zero-order valence-electron chi connectivity index (χ0n) is 11.8. The van der Waals surface area contributed by atoms with E-state index in [9.17, 15) is 9.59 Å². The van der Waals surface area contributed by atoms with Crippen LogP contribution in [0.2, 0.25) is 0 Å². The van der Waals surface area contributed by atoms with Crippen molar-refractivity contribution in [3.8, 4) is 0 Å². The Hall–Kier alpha value is -1.60. The van der Waals surface area contributed by atoms with Crippen LogP contribution in [-0.2, 0) is 4.79 Å². The third-order valence-electron chi connectivity index (χ3n) is 4.22. The molecular weight excluding hydrogens is 288 g/mol. The maximum absolute atomic E-state index is 12.4. The number of nitrogens with one attached hydrogen (secondary N) is 1. The van der Waals surface area contributed by atoms with Gasteiger partial charge in [-0.25, -0.2) is 4.79 Å². The lowest BCUT2D eigenvalue weighted by Crippen LogP contribution is -2.49. The summed E-state index contributed by atoms with van der Waals surface area (Å²) in [6.45, 7) is 2.84. The first-order valence-corrected chi connectivity index (χ1v) is 8.17. The van der Waals surface area contributed by atoms with Crippen LogP contribution < -0.4 is 11.1 Å². The first kappa shape index (κ1) is 14.3. The van der Waals surface area contributed by atoms with E-state index in [2.05, 4.69) is 5.32 Å². The van der Waals surface area contributed by atoms with Crippen molar-refractivity contribution in [1.29, 1.82) is 0 Å². The van der Waals surface area contributed by atoms with E-state index in [0.717, 1.165) is 30.8 Å². The van der Waals surface area contributed by atoms with Crippen LogP contribution in [0, 0.1) is 0 Å². The number of rotatable bonds is 3. The van der Waals surface area contributed by atoms with Gasteiger partial charge in [-0.3, -0.25) is 4.79 Å². The van der Waals surface area contributed by atoms with Crippen molar-refractivity contribution < 1.29 is 9.59 Å². The lowest BCUT2D eigenvalue weighted by molar-refractivity contribution is -0.134. The Bertz CT molecular complexity index is 511. The third kappa shape index (κ3) is 2.89. The van der Waals surface area contributed by atoms with Gasteiger partial charge >= 0.3 is 6.03 Å². The molecule has 0 saturated carbocycles. The SMILES string of the molecule is NC(C(=O)N1CCC(N2CCNC2=O)CC1)c1cccs1. The van der Waals surface area contributed by atoms with E-state index in [1.54, 1.807) is 0 Å². The van der Waals surface area contributed by atoms with E-state index in [1.165, 1.54) is 11.3 Å². The number of urea groups is 1. The zero-order chi connectivity index (χ0) is 14.8. The van der Waals surface area contributed by atoms with Crippen molar-refractivity contribution in [3.05, 3.63) is 22.4 Å². The highest BCUT2D eigenvalue weighted by Gasteiger charge is 2.33. The maximum atomic E-state index is 12.4. The Labute approximate surface area is 127 Å². The van der Waals surface area contributed by atoms with Crippen LogP contribution in [0.4, 0.5) is 4.79 Å². The Morgan fingerprint density at radius 3 is 2.71 bits per heavy atom. The van der Waals surface area contributed by atoms with Crippen molar-refractivity contribution in [3.63, 3.8) is 0 Å². The van der Waals surface area contributed by atoms with Gasteiger partial charge in [0, 0.05) is 37.1 Å². The fourth-order valence-corrected chi connectivity index (χ4v) is 3.74. The highest BCUT2D eigenvalue weighted by atomic mass is 32.1. The number of amides is 3. The second-order valence-electron chi connectivity index (χ2n) is 5.47. The van der Waals surface area contributed by atoms with Crippen molar-refractivity contribution in [2.24, 2.45) is 5.73 Å². The van der Waals surface area contributed by atoms with Crippen LogP contribution in [-0.4, -0.2) is 54.0 Å². The Kier molecular flexibility index (Phi) is 4.12. The molecule has 3 amide bonds. The standard InChI is InChI=1S/C14H20N4O2S/c15-12(11-2-1-9-21-11)13(19)17-6-3-10(4-7-17)18-8-5-16-14(18)20/h1-2,9-10,12H,3-8,15H2,(H,16,20). The molecule has 7 heteroatoms. The van der Waals surface area contributed by atoms with Crippen molar-refractivity contribution in [2.75, 3.05) is 26.2 Å². The number of carbonyl (C=O) groups is 2. The Morgan fingerprint density at radius 2 is 2.14 bits per heavy atom. The lowest BCUT2D eigenvalue weighted by atomic mass is 10.0. The number of likely N-dealkylation sites (tertiary alicyclic amines) is 1. The van der Waals surface area contributed by atoms with E-state index in [4.69, 9.17) is 5.73 Å². The van der Waals surface area contributed by atoms with Gasteiger partial charge in [0.2, 0.25) is 5.91 Å². The smallest absolute Gasteiger partial charge is 0.317 e. The molecule has 6 nitrogen and oxygen atoms in total. The monoisotopic (exact) mass is 308 g/mol. The number of nitrogens with zero attached hydrogens (tertiary/aromatic N) is 2. The number of carbonyl (C=O) groups excluding carboxylic acids is 2. The maximum Gasteiger partial charge on any atom is 0.317 e. The molecule has 3 N–H and O–H groups in total. The van der Waals surface area contributed by atoms with Crippen molar-refractivity contribution in [2.45, 2.75) is 24.9 Å². The summed E-state index contributed by atoms with van der Waals surface area (Å²) in [6, 6.07) is 3.51. The molecule has 3 rings (SSSR count). The highest BCUT2D eigenvalue weighted by Crippen LogP contribution is 2.23. The second kappa shape index (κ2) is 6.03. The summed E-state index contributed by atoms with van der Waals surface area (Å²) < 4.78 is 0. The summed E-state index contributed by atoms with van der Waals surface area (Å²) in [5, 5.41) is 4.76. The van der Waals surface area contributed by atoms with Gasteiger partial charge in [-0.05, 0) is 24.3 Å². The van der Waals surface area contributed by atoms with Crippen LogP contribution >= 0.6 is 11.3 Å². The van der Waals surface area contributed by atoms with Crippen LogP contribution in [0.15, 0.2) is 17.5 Å². The summed E-state index contributed by atoms with van der Waals surface area (Å²) in [4.78, 5) is 28.7. The molecule has 0 radical (unpaired) electrons. The number of nitrogens with two attached hydrogens (primary N) is 1. The van der Waals surface area contributed by atoms with Crippen molar-refractivity contribution >= 4 is 23.3 Å². The Morgan fingerprint density at radius 1 is 1.38 bits per heavy atom. The van der Waals surface area contributed by atoms with Crippen LogP contribution in [0.25, 0.3) is 0 Å². The van der Waals surface area contributed by atoms with Gasteiger partial charge in [0.15, 0.2) is 0 Å². The van der Waals surface area contributed by atoms with E-state index < -0.39 is 6.04 Å². The van der Waals surface area contributed by atoms with Gasteiger partial charge in [0.1, 0.15) is 6.04 Å². The average molecular weight is 308 g/mol. The number of piperidine rings is 1. The van der Waals surface area contributed by atoms with E-state index in [0.29, 0.717) is 13.1 Å². The quantitative estimate of drug-likeness (QED) is 0.865. The second-order valence-corrected chi connectivity index (χ2v) is 6.45. The van der Waals surface area contributed by atoms with Crippen LogP contribution in [0.3, 0.4) is 0 Å². The topological polar surface area (TPSA) is 78.7 Å². The minimum absolute atomic E-state index is 0.0122. The van der Waals surface area contributed by atoms with E-state index in [-0.39, 0.29) is 18.0 Å². The number of thiophene rings is 1. The first-order valence-electron chi connectivity index (χ1n) is 7.29. The van der Waals surface area contributed by atoms with Crippen LogP contribution in [0.5, 0.6) is 0 Å². The first-order chi connectivity index (χ1) is 10.2. The van der Waals surface area contributed by atoms with Gasteiger partial charge in [0.05, 0.1) is 0 Å². The summed E-state index contributed by atoms with van der Waals surface area (Å²) in [6.07, 6.45) is 1.66. The minimum atomic E-state index is -0.559. The van der Waals surface area contributed by atoms with Gasteiger partial charge in [-0.1, -0.05) is 6.07 Å². The fourth-order valence-electron chi connectivity index (χ4n) is 3.02. The molecule has 1 aromatic rings. The molecule has 114 valence electrons. The summed E-state index contributed by atoms with van der Waals surface area (Å²) in [5.41, 5.74) is 6.04. The molecule has 0 bridgehead atoms. The summed E-state index contributed by atoms with van der Waals surface area (Å²) in [5.74, 6) is -0.0122. The van der Waals surface area contributed by atoms with Crippen LogP contribution in [0.1, 0.15) is 23.8 Å². The van der Waals surface area contributed by atoms with Gasteiger partial charge in [0.25, 0.3) is 0 Å². The molecule has 0 aromatic carbocycles. The predicted octanol–water partition coefficient (Wildman–Crippen LogP) is 0.764. The molecule has 2 saturated heterocycles. The lowest BCUT2D eigenvalue weighted by Gasteiger charge is -2.37. The number of hydrogen-bond acceptors (Lipinski definition) is 4. The summed E-state index contributed by atoms with van der Waals surface area (Å²) >= 11 is 1.51. The number of hydrogen-bond donors (Lipinski definition) is 2. The van der Waals surface area contributed by atoms with E-state index in [1.807, 2.05) is 27.3 Å².